The molecule has 1 aliphatic heterocycles. The van der Waals surface area contributed by atoms with Crippen LogP contribution in [0.3, 0.4) is 0 Å². The quantitative estimate of drug-likeness (QED) is 0.840. The van der Waals surface area contributed by atoms with Crippen LogP contribution in [0, 0.1) is 5.92 Å². The Bertz CT molecular complexity index is 469. The predicted octanol–water partition coefficient (Wildman–Crippen LogP) is 1.10. The van der Waals surface area contributed by atoms with Crippen molar-refractivity contribution in [3.8, 4) is 0 Å². The van der Waals surface area contributed by atoms with Gasteiger partial charge in [-0.2, -0.15) is 0 Å². The Morgan fingerprint density at radius 1 is 1.40 bits per heavy atom. The lowest BCUT2D eigenvalue weighted by Crippen LogP contribution is -2.35. The number of nitrogen functional groups attached to an aromatic ring is 1. The molecular formula is C14H23N5O. The summed E-state index contributed by atoms with van der Waals surface area (Å²) in [6.07, 6.45) is 4.27. The number of aryl methyl sites for hydroxylation is 1. The van der Waals surface area contributed by atoms with Gasteiger partial charge in [-0.05, 0) is 25.2 Å². The number of anilines is 2. The molecule has 4 N–H and O–H groups in total. The molecule has 0 aromatic carbocycles. The normalized spacial score (nSPS) is 16.4. The topological polar surface area (TPSA) is 98.1 Å². The standard InChI is InChI=1S/C14H23N5O/c1-2-3-13-17-11(15)9-14(18-13)19-6-4-10(5-7-19)8-12(16)20/h9-10H,2-8H2,1H3,(H2,16,20)(H2,15,17,18). The maximum Gasteiger partial charge on any atom is 0.217 e. The van der Waals surface area contributed by atoms with Crippen LogP contribution in [-0.4, -0.2) is 29.0 Å². The lowest BCUT2D eigenvalue weighted by atomic mass is 9.93. The van der Waals surface area contributed by atoms with Crippen molar-refractivity contribution in [2.75, 3.05) is 23.7 Å². The molecule has 0 saturated carbocycles. The number of rotatable bonds is 5. The van der Waals surface area contributed by atoms with Crippen LogP contribution in [0.1, 0.15) is 38.4 Å². The summed E-state index contributed by atoms with van der Waals surface area (Å²) >= 11 is 0. The van der Waals surface area contributed by atoms with Gasteiger partial charge in [0.05, 0.1) is 0 Å². The number of aromatic nitrogens is 2. The summed E-state index contributed by atoms with van der Waals surface area (Å²) in [4.78, 5) is 22.0. The Balaban J connectivity index is 2.01. The summed E-state index contributed by atoms with van der Waals surface area (Å²) in [6.45, 7) is 3.88. The van der Waals surface area contributed by atoms with Gasteiger partial charge < -0.3 is 16.4 Å². The minimum atomic E-state index is -0.208. The number of hydrogen-bond donors (Lipinski definition) is 2. The fraction of sp³-hybridized carbons (Fsp3) is 0.643. The SMILES string of the molecule is CCCc1nc(N)cc(N2CCC(CC(N)=O)CC2)n1. The first-order valence-corrected chi connectivity index (χ1v) is 7.25. The molecule has 0 atom stereocenters. The maximum atomic E-state index is 11.0. The van der Waals surface area contributed by atoms with E-state index < -0.39 is 0 Å². The van der Waals surface area contributed by atoms with Gasteiger partial charge in [-0.1, -0.05) is 6.92 Å². The smallest absolute Gasteiger partial charge is 0.217 e. The first-order valence-electron chi connectivity index (χ1n) is 7.25. The lowest BCUT2D eigenvalue weighted by Gasteiger charge is -2.32. The Kier molecular flexibility index (Phi) is 4.76. The molecular weight excluding hydrogens is 254 g/mol. The Morgan fingerprint density at radius 2 is 2.10 bits per heavy atom. The molecule has 0 radical (unpaired) electrons. The molecule has 1 aliphatic rings. The van der Waals surface area contributed by atoms with Crippen molar-refractivity contribution in [2.24, 2.45) is 11.7 Å². The van der Waals surface area contributed by atoms with Gasteiger partial charge in [-0.15, -0.1) is 0 Å². The van der Waals surface area contributed by atoms with Crippen molar-refractivity contribution in [1.29, 1.82) is 0 Å². The highest BCUT2D eigenvalue weighted by Gasteiger charge is 2.22. The van der Waals surface area contributed by atoms with Crippen LogP contribution in [0.2, 0.25) is 0 Å². The number of nitrogens with zero attached hydrogens (tertiary/aromatic N) is 3. The Labute approximate surface area is 119 Å². The molecule has 6 nitrogen and oxygen atoms in total. The van der Waals surface area contributed by atoms with Gasteiger partial charge >= 0.3 is 0 Å². The van der Waals surface area contributed by atoms with Crippen LogP contribution in [-0.2, 0) is 11.2 Å². The maximum absolute atomic E-state index is 11.0. The van der Waals surface area contributed by atoms with Gasteiger partial charge in [0.1, 0.15) is 17.5 Å². The summed E-state index contributed by atoms with van der Waals surface area (Å²) in [7, 11) is 0. The van der Waals surface area contributed by atoms with Gasteiger partial charge in [-0.3, -0.25) is 4.79 Å². The highest BCUT2D eigenvalue weighted by atomic mass is 16.1. The number of hydrogen-bond acceptors (Lipinski definition) is 5. The molecule has 1 fully saturated rings. The average molecular weight is 277 g/mol. The summed E-state index contributed by atoms with van der Waals surface area (Å²) in [6, 6.07) is 1.83. The van der Waals surface area contributed by atoms with Crippen molar-refractivity contribution in [3.63, 3.8) is 0 Å². The number of carbonyl (C=O) groups is 1. The van der Waals surface area contributed by atoms with E-state index >= 15 is 0 Å². The molecule has 1 aromatic rings. The second-order valence-electron chi connectivity index (χ2n) is 5.42. The first-order chi connectivity index (χ1) is 9.58. The second kappa shape index (κ2) is 6.54. The van der Waals surface area contributed by atoms with Gasteiger partial charge in [0, 0.05) is 32.0 Å². The van der Waals surface area contributed by atoms with Crippen molar-refractivity contribution >= 4 is 17.5 Å². The number of primary amides is 1. The zero-order valence-electron chi connectivity index (χ0n) is 12.0. The second-order valence-corrected chi connectivity index (χ2v) is 5.42. The first kappa shape index (κ1) is 14.6. The van der Waals surface area contributed by atoms with E-state index in [0.717, 1.165) is 50.4 Å². The summed E-state index contributed by atoms with van der Waals surface area (Å²) in [5.74, 6) is 2.43. The van der Waals surface area contributed by atoms with Crippen LogP contribution in [0.15, 0.2) is 6.07 Å². The third-order valence-corrected chi connectivity index (χ3v) is 3.68. The average Bonchev–Trinajstić information content (AvgIpc) is 2.38. The fourth-order valence-electron chi connectivity index (χ4n) is 2.65. The van der Waals surface area contributed by atoms with Crippen LogP contribution in [0.25, 0.3) is 0 Å². The van der Waals surface area contributed by atoms with Crippen LogP contribution in [0.4, 0.5) is 11.6 Å². The monoisotopic (exact) mass is 277 g/mol. The molecule has 0 spiro atoms. The molecule has 0 unspecified atom stereocenters. The summed E-state index contributed by atoms with van der Waals surface area (Å²) < 4.78 is 0. The van der Waals surface area contributed by atoms with Crippen LogP contribution < -0.4 is 16.4 Å². The summed E-state index contributed by atoms with van der Waals surface area (Å²) in [5, 5.41) is 0. The molecule has 0 aliphatic carbocycles. The van der Waals surface area contributed by atoms with Crippen molar-refractivity contribution in [1.82, 2.24) is 9.97 Å². The van der Waals surface area contributed by atoms with Gasteiger partial charge in [0.25, 0.3) is 0 Å². The zero-order valence-corrected chi connectivity index (χ0v) is 12.0. The van der Waals surface area contributed by atoms with E-state index in [1.165, 1.54) is 0 Å². The molecule has 1 saturated heterocycles. The van der Waals surface area contributed by atoms with Crippen LogP contribution >= 0.6 is 0 Å². The highest BCUT2D eigenvalue weighted by Crippen LogP contribution is 2.24. The highest BCUT2D eigenvalue weighted by molar-refractivity contribution is 5.74. The largest absolute Gasteiger partial charge is 0.384 e. The predicted molar refractivity (Wildman–Crippen MR) is 79.2 cm³/mol. The zero-order chi connectivity index (χ0) is 14.5. The van der Waals surface area contributed by atoms with E-state index in [9.17, 15) is 4.79 Å². The molecule has 2 rings (SSSR count). The third-order valence-electron chi connectivity index (χ3n) is 3.68. The lowest BCUT2D eigenvalue weighted by molar-refractivity contribution is -0.119. The van der Waals surface area contributed by atoms with E-state index in [4.69, 9.17) is 11.5 Å². The Hall–Kier alpha value is -1.85. The van der Waals surface area contributed by atoms with Crippen molar-refractivity contribution < 1.29 is 4.79 Å². The molecule has 1 aromatic heterocycles. The van der Waals surface area contributed by atoms with Crippen molar-refractivity contribution in [3.05, 3.63) is 11.9 Å². The summed E-state index contributed by atoms with van der Waals surface area (Å²) in [5.41, 5.74) is 11.1. The van der Waals surface area contributed by atoms with Gasteiger partial charge in [-0.25, -0.2) is 9.97 Å². The van der Waals surface area contributed by atoms with Crippen molar-refractivity contribution in [2.45, 2.75) is 39.0 Å². The van der Waals surface area contributed by atoms with E-state index in [1.54, 1.807) is 0 Å². The molecule has 2 heterocycles. The van der Waals surface area contributed by atoms with E-state index in [1.807, 2.05) is 6.07 Å². The number of nitrogens with two attached hydrogens (primary N) is 2. The molecule has 0 bridgehead atoms. The Morgan fingerprint density at radius 3 is 2.70 bits per heavy atom. The number of amides is 1. The minimum Gasteiger partial charge on any atom is -0.384 e. The number of carbonyl (C=O) groups excluding carboxylic acids is 1. The van der Waals surface area contributed by atoms with E-state index in [-0.39, 0.29) is 5.91 Å². The minimum absolute atomic E-state index is 0.208. The molecule has 110 valence electrons. The third kappa shape index (κ3) is 3.82. The van der Waals surface area contributed by atoms with E-state index in [0.29, 0.717) is 18.2 Å². The number of piperidine rings is 1. The van der Waals surface area contributed by atoms with Gasteiger partial charge in [0.15, 0.2) is 0 Å². The molecule has 1 amide bonds. The van der Waals surface area contributed by atoms with E-state index in [2.05, 4.69) is 21.8 Å². The fourth-order valence-corrected chi connectivity index (χ4v) is 2.65. The van der Waals surface area contributed by atoms with Crippen LogP contribution in [0.5, 0.6) is 0 Å². The van der Waals surface area contributed by atoms with Gasteiger partial charge in [0.2, 0.25) is 5.91 Å². The molecule has 20 heavy (non-hydrogen) atoms. The molecule has 6 heteroatoms.